The predicted molar refractivity (Wildman–Crippen MR) is 62.0 cm³/mol. The smallest absolute Gasteiger partial charge is 0.157 e. The maximum absolute atomic E-state index is 9.33. The fourth-order valence-electron chi connectivity index (χ4n) is 2.07. The minimum atomic E-state index is -0.0124. The maximum Gasteiger partial charge on any atom is 0.157 e. The first-order chi connectivity index (χ1) is 8.38. The topological polar surface area (TPSA) is 62.9 Å². The van der Waals surface area contributed by atoms with Crippen molar-refractivity contribution < 1.29 is 9.84 Å². The highest BCUT2D eigenvalue weighted by atomic mass is 16.5. The third-order valence-electron chi connectivity index (χ3n) is 2.98. The van der Waals surface area contributed by atoms with Gasteiger partial charge >= 0.3 is 0 Å². The summed E-state index contributed by atoms with van der Waals surface area (Å²) in [6, 6.07) is 3.76. The molecule has 0 spiro atoms. The highest BCUT2D eigenvalue weighted by molar-refractivity contribution is 5.48. The fourth-order valence-corrected chi connectivity index (χ4v) is 2.07. The van der Waals surface area contributed by atoms with Gasteiger partial charge in [-0.2, -0.15) is 5.10 Å². The molecule has 0 radical (unpaired) electrons. The zero-order valence-corrected chi connectivity index (χ0v) is 9.36. The van der Waals surface area contributed by atoms with Crippen LogP contribution in [-0.4, -0.2) is 52.1 Å². The Kier molecular flexibility index (Phi) is 2.66. The molecule has 0 aromatic carbocycles. The first-order valence-corrected chi connectivity index (χ1v) is 5.64. The van der Waals surface area contributed by atoms with E-state index in [4.69, 9.17) is 4.74 Å². The summed E-state index contributed by atoms with van der Waals surface area (Å²) in [5.41, 5.74) is 0.811. The minimum Gasteiger partial charge on any atom is -0.394 e. The third kappa shape index (κ3) is 1.85. The second-order valence-electron chi connectivity index (χ2n) is 4.02. The van der Waals surface area contributed by atoms with E-state index in [0.29, 0.717) is 13.2 Å². The number of morpholine rings is 1. The van der Waals surface area contributed by atoms with Crippen molar-refractivity contribution in [2.45, 2.75) is 6.04 Å². The molecule has 90 valence electrons. The van der Waals surface area contributed by atoms with E-state index < -0.39 is 0 Å². The summed E-state index contributed by atoms with van der Waals surface area (Å²) in [6.07, 6.45) is 3.59. The molecule has 0 amide bonds. The van der Waals surface area contributed by atoms with Crippen molar-refractivity contribution in [3.05, 3.63) is 24.5 Å². The van der Waals surface area contributed by atoms with Gasteiger partial charge in [0, 0.05) is 18.8 Å². The summed E-state index contributed by atoms with van der Waals surface area (Å²) in [5, 5.41) is 13.4. The van der Waals surface area contributed by atoms with Crippen LogP contribution in [0.2, 0.25) is 0 Å². The van der Waals surface area contributed by atoms with Crippen molar-refractivity contribution in [3.63, 3.8) is 0 Å². The molecule has 1 fully saturated rings. The van der Waals surface area contributed by atoms with E-state index in [9.17, 15) is 5.11 Å². The molecule has 6 nitrogen and oxygen atoms in total. The lowest BCUT2D eigenvalue weighted by Gasteiger charge is -2.35. The van der Waals surface area contributed by atoms with Gasteiger partial charge in [-0.1, -0.05) is 0 Å². The summed E-state index contributed by atoms with van der Waals surface area (Å²) in [7, 11) is 0. The molecule has 3 heterocycles. The van der Waals surface area contributed by atoms with Crippen LogP contribution in [0.5, 0.6) is 0 Å². The summed E-state index contributed by atoms with van der Waals surface area (Å²) in [4.78, 5) is 6.60. The van der Waals surface area contributed by atoms with E-state index in [1.807, 2.05) is 18.3 Å². The van der Waals surface area contributed by atoms with Crippen molar-refractivity contribution in [2.24, 2.45) is 0 Å². The van der Waals surface area contributed by atoms with Crippen LogP contribution in [-0.2, 0) is 4.74 Å². The molecule has 1 aliphatic heterocycles. The Morgan fingerprint density at radius 3 is 3.29 bits per heavy atom. The SMILES string of the molecule is OCC1COCCN1c1ccn2nccc2n1. The molecule has 0 bridgehead atoms. The molecule has 3 rings (SSSR count). The Morgan fingerprint density at radius 1 is 1.47 bits per heavy atom. The Labute approximate surface area is 98.4 Å². The number of nitrogens with zero attached hydrogens (tertiary/aromatic N) is 4. The van der Waals surface area contributed by atoms with Gasteiger partial charge in [0.15, 0.2) is 5.65 Å². The number of hydrogen-bond acceptors (Lipinski definition) is 5. The summed E-state index contributed by atoms with van der Waals surface area (Å²) >= 11 is 0. The van der Waals surface area contributed by atoms with Crippen molar-refractivity contribution in [1.29, 1.82) is 0 Å². The molecule has 1 unspecified atom stereocenters. The van der Waals surface area contributed by atoms with Crippen LogP contribution in [0, 0.1) is 0 Å². The molecule has 0 aliphatic carbocycles. The Bertz CT molecular complexity index is 513. The van der Waals surface area contributed by atoms with E-state index in [1.165, 1.54) is 0 Å². The Morgan fingerprint density at radius 2 is 2.41 bits per heavy atom. The van der Waals surface area contributed by atoms with Gasteiger partial charge in [-0.05, 0) is 6.07 Å². The number of hydrogen-bond donors (Lipinski definition) is 1. The lowest BCUT2D eigenvalue weighted by Crippen LogP contribution is -2.48. The van der Waals surface area contributed by atoms with Gasteiger partial charge in [-0.25, -0.2) is 9.50 Å². The van der Waals surface area contributed by atoms with Gasteiger partial charge in [0.25, 0.3) is 0 Å². The van der Waals surface area contributed by atoms with Gasteiger partial charge < -0.3 is 14.7 Å². The first kappa shape index (κ1) is 10.5. The Hall–Kier alpha value is -1.66. The molecule has 1 saturated heterocycles. The van der Waals surface area contributed by atoms with Gasteiger partial charge in [-0.15, -0.1) is 0 Å². The molecular weight excluding hydrogens is 220 g/mol. The average Bonchev–Trinajstić information content (AvgIpc) is 2.85. The molecule has 2 aromatic heterocycles. The van der Waals surface area contributed by atoms with Gasteiger partial charge in [0.1, 0.15) is 5.82 Å². The van der Waals surface area contributed by atoms with Crippen molar-refractivity contribution in [2.75, 3.05) is 31.3 Å². The molecule has 1 aliphatic rings. The highest BCUT2D eigenvalue weighted by Crippen LogP contribution is 2.17. The van der Waals surface area contributed by atoms with Crippen LogP contribution >= 0.6 is 0 Å². The highest BCUT2D eigenvalue weighted by Gasteiger charge is 2.23. The standard InChI is InChI=1S/C11H14N4O2/c16-7-9-8-17-6-5-14(9)10-2-4-15-11(13-10)1-3-12-15/h1-4,9,16H,5-8H2. The molecule has 6 heteroatoms. The zero-order valence-electron chi connectivity index (χ0n) is 9.36. The summed E-state index contributed by atoms with van der Waals surface area (Å²) < 4.78 is 7.07. The van der Waals surface area contributed by atoms with Crippen molar-refractivity contribution >= 4 is 11.5 Å². The first-order valence-electron chi connectivity index (χ1n) is 5.64. The quantitative estimate of drug-likeness (QED) is 0.788. The van der Waals surface area contributed by atoms with Crippen LogP contribution in [0.3, 0.4) is 0 Å². The van der Waals surface area contributed by atoms with Gasteiger partial charge in [0.2, 0.25) is 0 Å². The number of aliphatic hydroxyl groups excluding tert-OH is 1. The van der Waals surface area contributed by atoms with Crippen LogP contribution in [0.1, 0.15) is 0 Å². The van der Waals surface area contributed by atoms with E-state index in [0.717, 1.165) is 18.0 Å². The number of anilines is 1. The summed E-state index contributed by atoms with van der Waals surface area (Å²) in [5.74, 6) is 0.861. The van der Waals surface area contributed by atoms with E-state index >= 15 is 0 Å². The fraction of sp³-hybridized carbons (Fsp3) is 0.455. The van der Waals surface area contributed by atoms with E-state index in [1.54, 1.807) is 10.7 Å². The average molecular weight is 234 g/mol. The van der Waals surface area contributed by atoms with E-state index in [-0.39, 0.29) is 12.6 Å². The predicted octanol–water partition coefficient (Wildman–Crippen LogP) is -0.0732. The zero-order chi connectivity index (χ0) is 11.7. The lowest BCUT2D eigenvalue weighted by molar-refractivity contribution is 0.0723. The van der Waals surface area contributed by atoms with Crippen LogP contribution in [0.25, 0.3) is 5.65 Å². The number of rotatable bonds is 2. The number of aromatic nitrogens is 3. The molecule has 2 aromatic rings. The molecular formula is C11H14N4O2. The molecule has 17 heavy (non-hydrogen) atoms. The minimum absolute atomic E-state index is 0.0124. The van der Waals surface area contributed by atoms with Crippen LogP contribution < -0.4 is 4.90 Å². The molecule has 1 N–H and O–H groups in total. The van der Waals surface area contributed by atoms with Crippen molar-refractivity contribution in [1.82, 2.24) is 14.6 Å². The summed E-state index contributed by atoms with van der Waals surface area (Å²) in [6.45, 7) is 2.04. The maximum atomic E-state index is 9.33. The Balaban J connectivity index is 1.95. The largest absolute Gasteiger partial charge is 0.394 e. The van der Waals surface area contributed by atoms with Crippen molar-refractivity contribution in [3.8, 4) is 0 Å². The van der Waals surface area contributed by atoms with E-state index in [2.05, 4.69) is 15.0 Å². The number of aliphatic hydroxyl groups is 1. The van der Waals surface area contributed by atoms with Crippen LogP contribution in [0.15, 0.2) is 24.5 Å². The monoisotopic (exact) mass is 234 g/mol. The van der Waals surface area contributed by atoms with Gasteiger partial charge in [0.05, 0.1) is 32.1 Å². The number of ether oxygens (including phenoxy) is 1. The second-order valence-corrected chi connectivity index (χ2v) is 4.02. The second kappa shape index (κ2) is 4.31. The molecule has 0 saturated carbocycles. The van der Waals surface area contributed by atoms with Crippen LogP contribution in [0.4, 0.5) is 5.82 Å². The normalized spacial score (nSPS) is 21.0. The van der Waals surface area contributed by atoms with Gasteiger partial charge in [-0.3, -0.25) is 0 Å². The lowest BCUT2D eigenvalue weighted by atomic mass is 10.2. The molecule has 1 atom stereocenters. The third-order valence-corrected chi connectivity index (χ3v) is 2.98. The number of fused-ring (bicyclic) bond motifs is 1.